The number of hydrogen-bond acceptors (Lipinski definition) is 4. The Morgan fingerprint density at radius 2 is 1.52 bits per heavy atom. The Morgan fingerprint density at radius 1 is 0.905 bits per heavy atom. The number of sulfone groups is 1. The Labute approximate surface area is 124 Å². The van der Waals surface area contributed by atoms with Crippen molar-refractivity contribution in [3.63, 3.8) is 0 Å². The summed E-state index contributed by atoms with van der Waals surface area (Å²) in [7, 11) is -3.38. The first-order chi connectivity index (χ1) is 10.2. The smallest absolute Gasteiger partial charge is 0.184 e. The van der Waals surface area contributed by atoms with E-state index >= 15 is 0 Å². The maximum atomic E-state index is 12.5. The highest BCUT2D eigenvalue weighted by molar-refractivity contribution is 7.90. The third kappa shape index (κ3) is 3.15. The minimum atomic E-state index is -3.38. The molecule has 0 aromatic heterocycles. The maximum absolute atomic E-state index is 12.5. The molecule has 0 bridgehead atoms. The molecule has 0 N–H and O–H groups in total. The molecule has 5 heteroatoms. The van der Waals surface area contributed by atoms with Crippen LogP contribution in [-0.4, -0.2) is 21.6 Å². The first-order valence-corrected chi connectivity index (χ1v) is 8.41. The van der Waals surface area contributed by atoms with Crippen LogP contribution in [0.25, 0.3) is 0 Å². The van der Waals surface area contributed by atoms with E-state index in [1.165, 1.54) is 0 Å². The highest BCUT2D eigenvalue weighted by atomic mass is 32.2. The van der Waals surface area contributed by atoms with Crippen LogP contribution in [-0.2, 0) is 25.1 Å². The highest BCUT2D eigenvalue weighted by Crippen LogP contribution is 2.28. The summed E-state index contributed by atoms with van der Waals surface area (Å²) < 4.78 is 35.9. The van der Waals surface area contributed by atoms with Gasteiger partial charge in [0.1, 0.15) is 0 Å². The quantitative estimate of drug-likeness (QED) is 0.871. The molecule has 0 spiro atoms. The molecule has 2 aromatic carbocycles. The van der Waals surface area contributed by atoms with Crippen LogP contribution in [0.1, 0.15) is 17.4 Å². The van der Waals surface area contributed by atoms with Crippen LogP contribution < -0.4 is 0 Å². The fraction of sp³-hybridized carbons (Fsp3) is 0.250. The van der Waals surface area contributed by atoms with Gasteiger partial charge in [-0.3, -0.25) is 0 Å². The fourth-order valence-electron chi connectivity index (χ4n) is 2.35. The lowest BCUT2D eigenvalue weighted by Crippen LogP contribution is -2.09. The van der Waals surface area contributed by atoms with Crippen molar-refractivity contribution >= 4 is 9.84 Å². The first-order valence-electron chi connectivity index (χ1n) is 6.76. The van der Waals surface area contributed by atoms with Gasteiger partial charge in [0.15, 0.2) is 16.1 Å². The van der Waals surface area contributed by atoms with Crippen LogP contribution in [0.2, 0.25) is 0 Å². The molecule has 0 unspecified atom stereocenters. The molecular weight excluding hydrogens is 288 g/mol. The minimum absolute atomic E-state index is 0.0591. The zero-order valence-corrected chi connectivity index (χ0v) is 12.3. The molecule has 0 radical (unpaired) electrons. The summed E-state index contributed by atoms with van der Waals surface area (Å²) in [5.41, 5.74) is 1.50. The topological polar surface area (TPSA) is 52.6 Å². The number of rotatable bonds is 4. The van der Waals surface area contributed by atoms with Crippen molar-refractivity contribution in [1.29, 1.82) is 0 Å². The van der Waals surface area contributed by atoms with Gasteiger partial charge in [-0.2, -0.15) is 0 Å². The van der Waals surface area contributed by atoms with Crippen LogP contribution in [0.3, 0.4) is 0 Å². The van der Waals surface area contributed by atoms with E-state index in [-0.39, 0.29) is 5.75 Å². The highest BCUT2D eigenvalue weighted by Gasteiger charge is 2.24. The number of ether oxygens (including phenoxy) is 2. The van der Waals surface area contributed by atoms with Gasteiger partial charge < -0.3 is 9.47 Å². The Kier molecular flexibility index (Phi) is 4.05. The third-order valence-electron chi connectivity index (χ3n) is 3.38. The molecule has 1 aliphatic heterocycles. The predicted octanol–water partition coefficient (Wildman–Crippen LogP) is 2.71. The average Bonchev–Trinajstić information content (AvgIpc) is 3.02. The van der Waals surface area contributed by atoms with Gasteiger partial charge in [0.05, 0.1) is 23.9 Å². The summed E-state index contributed by atoms with van der Waals surface area (Å²) in [5, 5.41) is 0. The summed E-state index contributed by atoms with van der Waals surface area (Å²) in [5.74, 6) is -0.0591. The van der Waals surface area contributed by atoms with Crippen LogP contribution in [0.5, 0.6) is 0 Å². The standard InChI is InChI=1S/C16H16O4S/c17-21(18,14-7-2-1-3-8-14)12-13-6-4-5-9-15(13)16-19-10-11-20-16/h1-9,16H,10-12H2. The fourth-order valence-corrected chi connectivity index (χ4v) is 3.76. The van der Waals surface area contributed by atoms with Gasteiger partial charge in [-0.05, 0) is 17.7 Å². The molecule has 4 nitrogen and oxygen atoms in total. The molecule has 0 aliphatic carbocycles. The second kappa shape index (κ2) is 5.97. The Bertz CT molecular complexity index is 704. The molecule has 110 valence electrons. The summed E-state index contributed by atoms with van der Waals surface area (Å²) >= 11 is 0. The Hall–Kier alpha value is -1.69. The molecule has 1 aliphatic rings. The van der Waals surface area contributed by atoms with Crippen molar-refractivity contribution in [3.8, 4) is 0 Å². The summed E-state index contributed by atoms with van der Waals surface area (Å²) in [6, 6.07) is 15.8. The molecule has 1 fully saturated rings. The lowest BCUT2D eigenvalue weighted by molar-refractivity contribution is -0.0445. The largest absolute Gasteiger partial charge is 0.346 e. The van der Waals surface area contributed by atoms with E-state index < -0.39 is 16.1 Å². The van der Waals surface area contributed by atoms with Gasteiger partial charge in [0.25, 0.3) is 0 Å². The molecule has 0 amide bonds. The number of benzene rings is 2. The van der Waals surface area contributed by atoms with Gasteiger partial charge in [-0.25, -0.2) is 8.42 Å². The zero-order chi connectivity index (χ0) is 14.7. The van der Waals surface area contributed by atoms with Gasteiger partial charge in [0, 0.05) is 5.56 Å². The second-order valence-corrected chi connectivity index (χ2v) is 6.83. The van der Waals surface area contributed by atoms with E-state index in [1.54, 1.807) is 36.4 Å². The summed E-state index contributed by atoms with van der Waals surface area (Å²) in [6.45, 7) is 1.06. The number of hydrogen-bond donors (Lipinski definition) is 0. The molecular formula is C16H16O4S. The normalized spacial score (nSPS) is 16.2. The Morgan fingerprint density at radius 3 is 2.24 bits per heavy atom. The summed E-state index contributed by atoms with van der Waals surface area (Å²) in [6.07, 6.45) is -0.466. The van der Waals surface area contributed by atoms with E-state index in [0.29, 0.717) is 23.7 Å². The van der Waals surface area contributed by atoms with E-state index in [1.807, 2.05) is 18.2 Å². The van der Waals surface area contributed by atoms with Crippen LogP contribution in [0.15, 0.2) is 59.5 Å². The maximum Gasteiger partial charge on any atom is 0.184 e. The van der Waals surface area contributed by atoms with E-state index in [9.17, 15) is 8.42 Å². The predicted molar refractivity (Wildman–Crippen MR) is 78.4 cm³/mol. The van der Waals surface area contributed by atoms with E-state index in [4.69, 9.17) is 9.47 Å². The monoisotopic (exact) mass is 304 g/mol. The molecule has 21 heavy (non-hydrogen) atoms. The van der Waals surface area contributed by atoms with Gasteiger partial charge in [-0.1, -0.05) is 42.5 Å². The first kappa shape index (κ1) is 14.3. The lowest BCUT2D eigenvalue weighted by Gasteiger charge is -2.14. The van der Waals surface area contributed by atoms with Crippen molar-refractivity contribution in [2.24, 2.45) is 0 Å². The summed E-state index contributed by atoms with van der Waals surface area (Å²) in [4.78, 5) is 0.327. The van der Waals surface area contributed by atoms with Crippen molar-refractivity contribution in [2.45, 2.75) is 16.9 Å². The molecule has 1 saturated heterocycles. The van der Waals surface area contributed by atoms with Crippen molar-refractivity contribution in [3.05, 3.63) is 65.7 Å². The van der Waals surface area contributed by atoms with E-state index in [0.717, 1.165) is 5.56 Å². The van der Waals surface area contributed by atoms with Gasteiger partial charge in [-0.15, -0.1) is 0 Å². The minimum Gasteiger partial charge on any atom is -0.346 e. The van der Waals surface area contributed by atoms with Crippen LogP contribution in [0, 0.1) is 0 Å². The van der Waals surface area contributed by atoms with Crippen molar-refractivity contribution in [2.75, 3.05) is 13.2 Å². The molecule has 0 atom stereocenters. The zero-order valence-electron chi connectivity index (χ0n) is 11.4. The lowest BCUT2D eigenvalue weighted by atomic mass is 10.1. The SMILES string of the molecule is O=S(=O)(Cc1ccccc1C1OCCO1)c1ccccc1. The molecule has 2 aromatic rings. The van der Waals surface area contributed by atoms with Gasteiger partial charge >= 0.3 is 0 Å². The van der Waals surface area contributed by atoms with Crippen molar-refractivity contribution < 1.29 is 17.9 Å². The molecule has 3 rings (SSSR count). The average molecular weight is 304 g/mol. The second-order valence-electron chi connectivity index (χ2n) is 4.84. The van der Waals surface area contributed by atoms with Crippen LogP contribution >= 0.6 is 0 Å². The van der Waals surface area contributed by atoms with Crippen molar-refractivity contribution in [1.82, 2.24) is 0 Å². The molecule has 0 saturated carbocycles. The Balaban J connectivity index is 1.91. The van der Waals surface area contributed by atoms with Crippen LogP contribution in [0.4, 0.5) is 0 Å². The van der Waals surface area contributed by atoms with Gasteiger partial charge in [0.2, 0.25) is 0 Å². The third-order valence-corrected chi connectivity index (χ3v) is 5.06. The molecule has 1 heterocycles. The van der Waals surface area contributed by atoms with E-state index in [2.05, 4.69) is 0 Å².